The van der Waals surface area contributed by atoms with Crippen molar-refractivity contribution >= 4 is 29.0 Å². The van der Waals surface area contributed by atoms with Gasteiger partial charge in [0.2, 0.25) is 0 Å². The van der Waals surface area contributed by atoms with E-state index in [4.69, 9.17) is 11.6 Å². The molecule has 3 rings (SSSR count). The average molecular weight is 444 g/mol. The molecule has 1 unspecified atom stereocenters. The number of nitrogens with zero attached hydrogens (tertiary/aromatic N) is 1. The molecular formula is C25H27ClFNO3. The lowest BCUT2D eigenvalue weighted by Gasteiger charge is -2.29. The minimum Gasteiger partial charge on any atom is -0.503 e. The molecule has 0 saturated heterocycles. The number of aliphatic hydroxyl groups is 1. The second-order valence-corrected chi connectivity index (χ2v) is 10.3. The molecule has 0 aromatic heterocycles. The Labute approximate surface area is 187 Å². The van der Waals surface area contributed by atoms with Crippen molar-refractivity contribution in [2.24, 2.45) is 5.41 Å². The van der Waals surface area contributed by atoms with Crippen molar-refractivity contribution in [1.29, 1.82) is 0 Å². The van der Waals surface area contributed by atoms with Crippen LogP contribution in [0.25, 0.3) is 0 Å². The maximum atomic E-state index is 13.7. The van der Waals surface area contributed by atoms with Gasteiger partial charge >= 0.3 is 0 Å². The van der Waals surface area contributed by atoms with Gasteiger partial charge in [-0.1, -0.05) is 77.4 Å². The van der Waals surface area contributed by atoms with Crippen LogP contribution < -0.4 is 4.90 Å². The van der Waals surface area contributed by atoms with Gasteiger partial charge < -0.3 is 5.11 Å². The molecule has 4 nitrogen and oxygen atoms in total. The summed E-state index contributed by atoms with van der Waals surface area (Å²) in [6, 6.07) is 10.6. The quantitative estimate of drug-likeness (QED) is 0.606. The Kier molecular flexibility index (Phi) is 5.78. The highest BCUT2D eigenvalue weighted by Crippen LogP contribution is 2.44. The maximum Gasteiger partial charge on any atom is 0.294 e. The van der Waals surface area contributed by atoms with E-state index in [1.165, 1.54) is 17.0 Å². The van der Waals surface area contributed by atoms with Crippen LogP contribution in [0, 0.1) is 11.2 Å². The molecule has 0 aliphatic carbocycles. The Morgan fingerprint density at radius 3 is 2.10 bits per heavy atom. The normalized spacial score (nSPS) is 17.5. The van der Waals surface area contributed by atoms with Crippen molar-refractivity contribution in [1.82, 2.24) is 0 Å². The number of rotatable bonds is 3. The predicted octanol–water partition coefficient (Wildman–Crippen LogP) is 6.29. The summed E-state index contributed by atoms with van der Waals surface area (Å²) in [6.45, 7) is 11.5. The zero-order valence-electron chi connectivity index (χ0n) is 18.6. The van der Waals surface area contributed by atoms with E-state index in [-0.39, 0.29) is 21.8 Å². The molecule has 0 fully saturated rings. The van der Waals surface area contributed by atoms with Gasteiger partial charge in [0.1, 0.15) is 5.82 Å². The third-order valence-electron chi connectivity index (χ3n) is 5.41. The molecular weight excluding hydrogens is 417 g/mol. The fraction of sp³-hybridized carbons (Fsp3) is 0.360. The van der Waals surface area contributed by atoms with Crippen LogP contribution in [-0.4, -0.2) is 16.8 Å². The molecule has 1 atom stereocenters. The van der Waals surface area contributed by atoms with Gasteiger partial charge in [0, 0.05) is 11.1 Å². The minimum absolute atomic E-state index is 0.0291. The van der Waals surface area contributed by atoms with E-state index in [9.17, 15) is 19.1 Å². The minimum atomic E-state index is -0.852. The zero-order valence-corrected chi connectivity index (χ0v) is 19.3. The molecule has 164 valence electrons. The summed E-state index contributed by atoms with van der Waals surface area (Å²) in [4.78, 5) is 27.6. The molecule has 1 heterocycles. The van der Waals surface area contributed by atoms with Crippen molar-refractivity contribution < 1.29 is 19.1 Å². The standard InChI is InChI=1S/C25H27ClFNO3/c1-24(2,3)15-9-7-14(8-10-15)20-19(22(30)25(4,5)6)21(29)23(31)28(20)16-11-12-18(27)17(26)13-16/h7-13,20,29H,1-6H3. The van der Waals surface area contributed by atoms with E-state index >= 15 is 0 Å². The topological polar surface area (TPSA) is 57.6 Å². The second-order valence-electron chi connectivity index (χ2n) is 9.89. The molecule has 6 heteroatoms. The first-order chi connectivity index (χ1) is 14.2. The Hall–Kier alpha value is -2.66. The van der Waals surface area contributed by atoms with E-state index in [0.29, 0.717) is 11.3 Å². The van der Waals surface area contributed by atoms with Crippen LogP contribution in [0.1, 0.15) is 58.7 Å². The average Bonchev–Trinajstić information content (AvgIpc) is 2.93. The first kappa shape index (κ1) is 23.0. The lowest BCUT2D eigenvalue weighted by molar-refractivity contribution is -0.123. The summed E-state index contributed by atoms with van der Waals surface area (Å²) >= 11 is 5.96. The highest BCUT2D eigenvalue weighted by atomic mass is 35.5. The highest BCUT2D eigenvalue weighted by Gasteiger charge is 2.46. The number of aliphatic hydroxyl groups excluding tert-OH is 1. The molecule has 1 aliphatic rings. The largest absolute Gasteiger partial charge is 0.503 e. The van der Waals surface area contributed by atoms with Crippen LogP contribution in [0.2, 0.25) is 5.02 Å². The van der Waals surface area contributed by atoms with Crippen LogP contribution in [0.5, 0.6) is 0 Å². The monoisotopic (exact) mass is 443 g/mol. The molecule has 0 spiro atoms. The third kappa shape index (κ3) is 4.24. The van der Waals surface area contributed by atoms with Crippen molar-refractivity contribution in [3.05, 3.63) is 75.8 Å². The lowest BCUT2D eigenvalue weighted by Crippen LogP contribution is -2.33. The first-order valence-electron chi connectivity index (χ1n) is 10.1. The number of Topliss-reactive ketones (excluding diaryl/α,β-unsaturated/α-hetero) is 1. The molecule has 1 N–H and O–H groups in total. The summed E-state index contributed by atoms with van der Waals surface area (Å²) in [5.74, 6) is -2.27. The van der Waals surface area contributed by atoms with Crippen LogP contribution in [0.4, 0.5) is 10.1 Å². The van der Waals surface area contributed by atoms with Gasteiger partial charge in [-0.2, -0.15) is 0 Å². The number of anilines is 1. The second kappa shape index (κ2) is 7.79. The van der Waals surface area contributed by atoms with Gasteiger partial charge in [0.05, 0.1) is 16.6 Å². The lowest BCUT2D eigenvalue weighted by atomic mass is 9.81. The molecule has 0 radical (unpaired) electrons. The highest BCUT2D eigenvalue weighted by molar-refractivity contribution is 6.31. The number of hydrogen-bond acceptors (Lipinski definition) is 3. The van der Waals surface area contributed by atoms with Crippen LogP contribution >= 0.6 is 11.6 Å². The Balaban J connectivity index is 2.20. The summed E-state index contributed by atoms with van der Waals surface area (Å²) in [5.41, 5.74) is 1.19. The van der Waals surface area contributed by atoms with E-state index in [1.54, 1.807) is 20.8 Å². The molecule has 31 heavy (non-hydrogen) atoms. The van der Waals surface area contributed by atoms with Gasteiger partial charge in [-0.25, -0.2) is 4.39 Å². The summed E-state index contributed by atoms with van der Waals surface area (Å²) in [6.07, 6.45) is 0. The van der Waals surface area contributed by atoms with Gasteiger partial charge in [-0.3, -0.25) is 14.5 Å². The predicted molar refractivity (Wildman–Crippen MR) is 121 cm³/mol. The van der Waals surface area contributed by atoms with E-state index in [0.717, 1.165) is 11.6 Å². The maximum absolute atomic E-state index is 13.7. The molecule has 0 bridgehead atoms. The number of carbonyl (C=O) groups excluding carboxylic acids is 2. The van der Waals surface area contributed by atoms with E-state index < -0.39 is 28.9 Å². The molecule has 2 aromatic carbocycles. The summed E-state index contributed by atoms with van der Waals surface area (Å²) in [7, 11) is 0. The van der Waals surface area contributed by atoms with Crippen molar-refractivity contribution in [3.63, 3.8) is 0 Å². The zero-order chi connectivity index (χ0) is 23.3. The number of halogens is 2. The fourth-order valence-corrected chi connectivity index (χ4v) is 3.80. The van der Waals surface area contributed by atoms with Crippen LogP contribution in [-0.2, 0) is 15.0 Å². The molecule has 2 aromatic rings. The fourth-order valence-electron chi connectivity index (χ4n) is 3.62. The number of hydrogen-bond donors (Lipinski definition) is 1. The van der Waals surface area contributed by atoms with Crippen molar-refractivity contribution in [2.75, 3.05) is 4.90 Å². The van der Waals surface area contributed by atoms with Gasteiger partial charge in [0.15, 0.2) is 11.5 Å². The Bertz CT molecular complexity index is 1080. The summed E-state index contributed by atoms with van der Waals surface area (Å²) in [5, 5.41) is 10.6. The molecule has 0 saturated carbocycles. The van der Waals surface area contributed by atoms with E-state index in [2.05, 4.69) is 20.8 Å². The molecule has 1 aliphatic heterocycles. The SMILES string of the molecule is CC(C)(C)C(=O)C1=C(O)C(=O)N(c2ccc(F)c(Cl)c2)C1c1ccc(C(C)(C)C)cc1. The van der Waals surface area contributed by atoms with Crippen molar-refractivity contribution in [3.8, 4) is 0 Å². The number of ketones is 1. The van der Waals surface area contributed by atoms with Crippen LogP contribution in [0.3, 0.4) is 0 Å². The summed E-state index contributed by atoms with van der Waals surface area (Å²) < 4.78 is 13.7. The van der Waals surface area contributed by atoms with Crippen molar-refractivity contribution in [2.45, 2.75) is 53.0 Å². The Morgan fingerprint density at radius 2 is 1.61 bits per heavy atom. The third-order valence-corrected chi connectivity index (χ3v) is 5.70. The van der Waals surface area contributed by atoms with Crippen LogP contribution in [0.15, 0.2) is 53.8 Å². The Morgan fingerprint density at radius 1 is 1.03 bits per heavy atom. The number of benzene rings is 2. The molecule has 1 amide bonds. The van der Waals surface area contributed by atoms with Gasteiger partial charge in [-0.05, 0) is 34.7 Å². The van der Waals surface area contributed by atoms with Gasteiger partial charge in [-0.15, -0.1) is 0 Å². The number of amides is 1. The smallest absolute Gasteiger partial charge is 0.294 e. The first-order valence-corrected chi connectivity index (χ1v) is 10.5. The van der Waals surface area contributed by atoms with Gasteiger partial charge in [0.25, 0.3) is 5.91 Å². The number of carbonyl (C=O) groups is 2. The van der Waals surface area contributed by atoms with E-state index in [1.807, 2.05) is 24.3 Å².